The van der Waals surface area contributed by atoms with Gasteiger partial charge in [0, 0.05) is 5.56 Å². The van der Waals surface area contributed by atoms with Crippen molar-refractivity contribution in [3.05, 3.63) is 63.6 Å². The number of halogens is 1. The first kappa shape index (κ1) is 17.0. The number of aliphatic hydroxyl groups excluding tert-OH is 1. The van der Waals surface area contributed by atoms with Crippen molar-refractivity contribution in [2.75, 3.05) is 13.2 Å². The highest BCUT2D eigenvalue weighted by Crippen LogP contribution is 2.35. The van der Waals surface area contributed by atoms with Crippen molar-refractivity contribution in [2.24, 2.45) is 0 Å². The molecule has 1 aliphatic heterocycles. The third-order valence-corrected chi connectivity index (χ3v) is 4.25. The van der Waals surface area contributed by atoms with Gasteiger partial charge in [-0.3, -0.25) is 0 Å². The fourth-order valence-electron chi connectivity index (χ4n) is 2.42. The lowest BCUT2D eigenvalue weighted by molar-refractivity contribution is 0.00503. The van der Waals surface area contributed by atoms with Crippen LogP contribution in [0.5, 0.6) is 5.75 Å². The summed E-state index contributed by atoms with van der Waals surface area (Å²) in [5.41, 5.74) is 2.25. The topological polar surface area (TPSA) is 65.0 Å². The molecule has 0 saturated heterocycles. The van der Waals surface area contributed by atoms with E-state index >= 15 is 0 Å². The summed E-state index contributed by atoms with van der Waals surface area (Å²) >= 11 is 3.40. The molecule has 1 aliphatic rings. The number of fused-ring (bicyclic) bond motifs is 1. The van der Waals surface area contributed by atoms with E-state index in [9.17, 15) is 9.90 Å². The summed E-state index contributed by atoms with van der Waals surface area (Å²) in [6.45, 7) is 0.850. The van der Waals surface area contributed by atoms with Crippen molar-refractivity contribution in [1.29, 1.82) is 0 Å². The monoisotopic (exact) mass is 392 g/mol. The zero-order valence-corrected chi connectivity index (χ0v) is 14.5. The maximum absolute atomic E-state index is 11.6. The number of ether oxygens (including phenoxy) is 3. The highest BCUT2D eigenvalue weighted by atomic mass is 79.9. The predicted molar refractivity (Wildman–Crippen MR) is 90.9 cm³/mol. The molecule has 0 radical (unpaired) electrons. The van der Waals surface area contributed by atoms with Gasteiger partial charge in [0.2, 0.25) is 0 Å². The van der Waals surface area contributed by atoms with Gasteiger partial charge < -0.3 is 19.3 Å². The molecule has 2 aromatic carbocycles. The first-order chi connectivity index (χ1) is 11.6. The van der Waals surface area contributed by atoms with Crippen LogP contribution in [0.1, 0.15) is 21.5 Å². The second-order valence-corrected chi connectivity index (χ2v) is 6.30. The van der Waals surface area contributed by atoms with Crippen LogP contribution in [0.15, 0.2) is 46.9 Å². The highest BCUT2D eigenvalue weighted by Gasteiger charge is 2.26. The largest absolute Gasteiger partial charge is 0.489 e. The molecule has 1 N–H and O–H groups in total. The highest BCUT2D eigenvalue weighted by molar-refractivity contribution is 9.10. The minimum Gasteiger partial charge on any atom is -0.489 e. The summed E-state index contributed by atoms with van der Waals surface area (Å²) in [6.07, 6.45) is -0.769. The van der Waals surface area contributed by atoms with E-state index < -0.39 is 6.10 Å². The lowest BCUT2D eigenvalue weighted by atomic mass is 10.1. The number of benzene rings is 2. The Hall–Kier alpha value is -1.89. The molecule has 0 bridgehead atoms. The maximum Gasteiger partial charge on any atom is 0.339 e. The smallest absolute Gasteiger partial charge is 0.339 e. The molecule has 0 saturated carbocycles. The molecule has 0 aromatic heterocycles. The molecule has 5 nitrogen and oxygen atoms in total. The number of cyclic esters (lactones) is 1. The molecule has 6 heteroatoms. The minimum absolute atomic E-state index is 0.0675. The van der Waals surface area contributed by atoms with Gasteiger partial charge in [-0.25, -0.2) is 4.79 Å². The van der Waals surface area contributed by atoms with E-state index in [1.54, 1.807) is 12.1 Å². The van der Waals surface area contributed by atoms with Crippen molar-refractivity contribution in [3.8, 4) is 5.75 Å². The zero-order chi connectivity index (χ0) is 16.9. The Morgan fingerprint density at radius 1 is 1.17 bits per heavy atom. The molecule has 24 heavy (non-hydrogen) atoms. The maximum atomic E-state index is 11.6. The summed E-state index contributed by atoms with van der Waals surface area (Å²) < 4.78 is 16.9. The number of carbonyl (C=O) groups excluding carboxylic acids is 1. The van der Waals surface area contributed by atoms with Gasteiger partial charge in [0.05, 0.1) is 23.2 Å². The van der Waals surface area contributed by atoms with Crippen LogP contribution in [-0.2, 0) is 22.7 Å². The summed E-state index contributed by atoms with van der Waals surface area (Å²) in [5, 5.41) is 10.0. The minimum atomic E-state index is -0.769. The van der Waals surface area contributed by atoms with E-state index in [4.69, 9.17) is 14.2 Å². The standard InChI is InChI=1S/C18H17BrO5/c19-16-7-6-14-15(11-24-18(14)21)17(16)23-10-13(20)9-22-8-12-4-2-1-3-5-12/h1-7,13,20H,8-11H2/t13-/m0/s1. The molecule has 1 atom stereocenters. The first-order valence-corrected chi connectivity index (χ1v) is 8.35. The van der Waals surface area contributed by atoms with E-state index in [1.807, 2.05) is 30.3 Å². The van der Waals surface area contributed by atoms with Gasteiger partial charge in [-0.15, -0.1) is 0 Å². The number of carbonyl (C=O) groups is 1. The van der Waals surface area contributed by atoms with Gasteiger partial charge in [0.1, 0.15) is 25.1 Å². The quantitative estimate of drug-likeness (QED) is 0.733. The van der Waals surface area contributed by atoms with Crippen molar-refractivity contribution < 1.29 is 24.1 Å². The Balaban J connectivity index is 1.52. The molecule has 0 aliphatic carbocycles. The van der Waals surface area contributed by atoms with Gasteiger partial charge in [-0.05, 0) is 33.6 Å². The van der Waals surface area contributed by atoms with Gasteiger partial charge in [0.25, 0.3) is 0 Å². The van der Waals surface area contributed by atoms with E-state index in [1.165, 1.54) is 0 Å². The fourth-order valence-corrected chi connectivity index (χ4v) is 2.91. The third kappa shape index (κ3) is 3.95. The van der Waals surface area contributed by atoms with E-state index in [2.05, 4.69) is 15.9 Å². The molecular weight excluding hydrogens is 376 g/mol. The van der Waals surface area contributed by atoms with E-state index in [-0.39, 0.29) is 25.8 Å². The normalized spacial score (nSPS) is 14.2. The van der Waals surface area contributed by atoms with Crippen molar-refractivity contribution >= 4 is 21.9 Å². The molecule has 126 valence electrons. The van der Waals surface area contributed by atoms with Crippen molar-refractivity contribution in [1.82, 2.24) is 0 Å². The second kappa shape index (κ2) is 7.79. The van der Waals surface area contributed by atoms with E-state index in [0.717, 1.165) is 10.0 Å². The molecule has 1 heterocycles. The molecule has 3 rings (SSSR count). The molecule has 0 amide bonds. The SMILES string of the molecule is O=C1OCc2c1ccc(Br)c2OC[C@@H](O)COCc1ccccc1. The average Bonchev–Trinajstić information content (AvgIpc) is 2.96. The second-order valence-electron chi connectivity index (χ2n) is 5.44. The van der Waals surface area contributed by atoms with Gasteiger partial charge >= 0.3 is 5.97 Å². The Labute approximate surface area is 148 Å². The van der Waals surface area contributed by atoms with Crippen LogP contribution in [0.3, 0.4) is 0 Å². The fraction of sp³-hybridized carbons (Fsp3) is 0.278. The van der Waals surface area contributed by atoms with Crippen LogP contribution in [-0.4, -0.2) is 30.4 Å². The Kier molecular flexibility index (Phi) is 5.50. The Morgan fingerprint density at radius 3 is 2.75 bits per heavy atom. The van der Waals surface area contributed by atoms with Gasteiger partial charge in [-0.1, -0.05) is 30.3 Å². The Bertz CT molecular complexity index is 717. The van der Waals surface area contributed by atoms with Crippen molar-refractivity contribution in [3.63, 3.8) is 0 Å². The zero-order valence-electron chi connectivity index (χ0n) is 12.9. The summed E-state index contributed by atoms with van der Waals surface area (Å²) in [5.74, 6) is 0.176. The number of hydrogen-bond acceptors (Lipinski definition) is 5. The average molecular weight is 393 g/mol. The van der Waals surface area contributed by atoms with Crippen molar-refractivity contribution in [2.45, 2.75) is 19.3 Å². The van der Waals surface area contributed by atoms with Crippen LogP contribution in [0.25, 0.3) is 0 Å². The lowest BCUT2D eigenvalue weighted by Crippen LogP contribution is -2.23. The van der Waals surface area contributed by atoms with Crippen LogP contribution in [0, 0.1) is 0 Å². The first-order valence-electron chi connectivity index (χ1n) is 7.56. The van der Waals surface area contributed by atoms with Gasteiger partial charge in [-0.2, -0.15) is 0 Å². The molecule has 0 fully saturated rings. The number of rotatable bonds is 7. The van der Waals surface area contributed by atoms with Gasteiger partial charge in [0.15, 0.2) is 0 Å². The molecule has 0 spiro atoms. The van der Waals surface area contributed by atoms with Crippen LogP contribution in [0.4, 0.5) is 0 Å². The molecular formula is C18H17BrO5. The predicted octanol–water partition coefficient (Wildman–Crippen LogP) is 3.08. The van der Waals surface area contributed by atoms with Crippen LogP contribution in [0.2, 0.25) is 0 Å². The Morgan fingerprint density at radius 2 is 1.96 bits per heavy atom. The molecule has 0 unspecified atom stereocenters. The molecule has 2 aromatic rings. The lowest BCUT2D eigenvalue weighted by Gasteiger charge is -2.15. The summed E-state index contributed by atoms with van der Waals surface area (Å²) in [6, 6.07) is 13.2. The number of esters is 1. The third-order valence-electron chi connectivity index (χ3n) is 3.62. The van der Waals surface area contributed by atoms with E-state index in [0.29, 0.717) is 23.5 Å². The summed E-state index contributed by atoms with van der Waals surface area (Å²) in [4.78, 5) is 11.6. The van der Waals surface area contributed by atoms with Crippen LogP contribution < -0.4 is 4.74 Å². The number of aliphatic hydroxyl groups is 1. The van der Waals surface area contributed by atoms with Crippen LogP contribution >= 0.6 is 15.9 Å². The summed E-state index contributed by atoms with van der Waals surface area (Å²) in [7, 11) is 0. The number of hydrogen-bond donors (Lipinski definition) is 1.